The lowest BCUT2D eigenvalue weighted by molar-refractivity contribution is 0.0994. The first kappa shape index (κ1) is 10.6. The zero-order valence-electron chi connectivity index (χ0n) is 7.47. The second-order valence-electron chi connectivity index (χ2n) is 2.51. The van der Waals surface area contributed by atoms with Crippen LogP contribution < -0.4 is 5.73 Å². The van der Waals surface area contributed by atoms with Crippen LogP contribution in [0.5, 0.6) is 0 Å². The molecule has 1 rings (SSSR count). The van der Waals surface area contributed by atoms with Crippen molar-refractivity contribution in [1.82, 2.24) is 9.97 Å². The van der Waals surface area contributed by atoms with Crippen LogP contribution in [0.2, 0.25) is 0 Å². The number of aromatic nitrogens is 2. The lowest BCUT2D eigenvalue weighted by Crippen LogP contribution is -2.16. The van der Waals surface area contributed by atoms with E-state index in [9.17, 15) is 13.2 Å². The van der Waals surface area contributed by atoms with Crippen molar-refractivity contribution in [3.05, 3.63) is 18.1 Å². The molecular formula is C7H9N3O3S. The molecule has 1 amide bonds. The second kappa shape index (κ2) is 3.70. The molecule has 0 aliphatic heterocycles. The van der Waals surface area contributed by atoms with Gasteiger partial charge in [0.15, 0.2) is 14.9 Å². The summed E-state index contributed by atoms with van der Waals surface area (Å²) in [6.07, 6.45) is 2.21. The number of amides is 1. The van der Waals surface area contributed by atoms with E-state index in [4.69, 9.17) is 5.73 Å². The van der Waals surface area contributed by atoms with Gasteiger partial charge < -0.3 is 5.73 Å². The number of sulfone groups is 1. The highest BCUT2D eigenvalue weighted by atomic mass is 32.2. The van der Waals surface area contributed by atoms with Gasteiger partial charge in [0.2, 0.25) is 0 Å². The van der Waals surface area contributed by atoms with Crippen molar-refractivity contribution in [2.24, 2.45) is 5.73 Å². The van der Waals surface area contributed by atoms with Gasteiger partial charge in [0.25, 0.3) is 5.91 Å². The van der Waals surface area contributed by atoms with Crippen LogP contribution in [0.4, 0.5) is 0 Å². The molecule has 0 radical (unpaired) electrons. The van der Waals surface area contributed by atoms with Gasteiger partial charge in [0.05, 0.1) is 18.1 Å². The molecule has 0 aliphatic carbocycles. The Bertz CT molecular complexity index is 455. The molecule has 0 unspecified atom stereocenters. The lowest BCUT2D eigenvalue weighted by atomic mass is 10.4. The molecule has 0 bridgehead atoms. The van der Waals surface area contributed by atoms with Crippen LogP contribution in [-0.4, -0.2) is 30.0 Å². The summed E-state index contributed by atoms with van der Waals surface area (Å²) < 4.78 is 22.6. The zero-order valence-corrected chi connectivity index (χ0v) is 8.28. The highest BCUT2D eigenvalue weighted by molar-refractivity contribution is 7.91. The van der Waals surface area contributed by atoms with Crippen molar-refractivity contribution < 1.29 is 13.2 Å². The first-order chi connectivity index (χ1) is 6.47. The van der Waals surface area contributed by atoms with Gasteiger partial charge in [-0.1, -0.05) is 6.92 Å². The number of hydrogen-bond acceptors (Lipinski definition) is 5. The Morgan fingerprint density at radius 2 is 2.14 bits per heavy atom. The van der Waals surface area contributed by atoms with Crippen molar-refractivity contribution in [3.8, 4) is 0 Å². The Labute approximate surface area is 81.1 Å². The van der Waals surface area contributed by atoms with E-state index in [0.717, 1.165) is 12.4 Å². The molecule has 76 valence electrons. The van der Waals surface area contributed by atoms with Gasteiger partial charge in [0.1, 0.15) is 5.69 Å². The van der Waals surface area contributed by atoms with E-state index in [2.05, 4.69) is 9.97 Å². The van der Waals surface area contributed by atoms with Crippen molar-refractivity contribution >= 4 is 15.7 Å². The fraction of sp³-hybridized carbons (Fsp3) is 0.286. The summed E-state index contributed by atoms with van der Waals surface area (Å²) in [6, 6.07) is 0. The van der Waals surface area contributed by atoms with Gasteiger partial charge in [-0.3, -0.25) is 9.78 Å². The second-order valence-corrected chi connectivity index (χ2v) is 4.74. The number of hydrogen-bond donors (Lipinski definition) is 1. The van der Waals surface area contributed by atoms with Crippen molar-refractivity contribution in [2.75, 3.05) is 5.75 Å². The number of rotatable bonds is 3. The van der Waals surface area contributed by atoms with Crippen LogP contribution >= 0.6 is 0 Å². The molecule has 2 N–H and O–H groups in total. The minimum Gasteiger partial charge on any atom is -0.364 e. The van der Waals surface area contributed by atoms with Gasteiger partial charge in [-0.05, 0) is 0 Å². The molecule has 0 atom stereocenters. The maximum absolute atomic E-state index is 11.3. The smallest absolute Gasteiger partial charge is 0.268 e. The zero-order chi connectivity index (χ0) is 10.8. The highest BCUT2D eigenvalue weighted by Gasteiger charge is 2.15. The van der Waals surface area contributed by atoms with Crippen molar-refractivity contribution in [1.29, 1.82) is 0 Å². The van der Waals surface area contributed by atoms with Gasteiger partial charge in [-0.25, -0.2) is 13.4 Å². The third-order valence-corrected chi connectivity index (χ3v) is 3.16. The maximum Gasteiger partial charge on any atom is 0.268 e. The number of nitrogens with two attached hydrogens (primary N) is 1. The Hall–Kier alpha value is -1.50. The van der Waals surface area contributed by atoms with E-state index in [0.29, 0.717) is 0 Å². The van der Waals surface area contributed by atoms with Crippen LogP contribution in [0.1, 0.15) is 17.4 Å². The summed E-state index contributed by atoms with van der Waals surface area (Å²) in [5, 5.41) is -0.226. The van der Waals surface area contributed by atoms with Crippen LogP contribution in [-0.2, 0) is 9.84 Å². The van der Waals surface area contributed by atoms with E-state index in [1.807, 2.05) is 0 Å². The van der Waals surface area contributed by atoms with Gasteiger partial charge in [-0.2, -0.15) is 0 Å². The summed E-state index contributed by atoms with van der Waals surface area (Å²) in [6.45, 7) is 1.48. The topological polar surface area (TPSA) is 103 Å². The van der Waals surface area contributed by atoms with Gasteiger partial charge in [0, 0.05) is 0 Å². The predicted octanol–water partition coefficient (Wildman–Crippen LogP) is -0.631. The molecule has 0 fully saturated rings. The SMILES string of the molecule is CCS(=O)(=O)c1cncc(C(N)=O)n1. The first-order valence-corrected chi connectivity index (χ1v) is 5.47. The molecule has 0 aromatic carbocycles. The molecule has 14 heavy (non-hydrogen) atoms. The Kier molecular flexibility index (Phi) is 2.80. The largest absolute Gasteiger partial charge is 0.364 e. The third kappa shape index (κ3) is 2.05. The quantitative estimate of drug-likeness (QED) is 0.723. The standard InChI is InChI=1S/C7H9N3O3S/c1-2-14(12,13)6-4-9-3-5(10-6)7(8)11/h3-4H,2H2,1H3,(H2,8,11). The third-order valence-electron chi connectivity index (χ3n) is 1.56. The fourth-order valence-corrected chi connectivity index (χ4v) is 1.52. The summed E-state index contributed by atoms with van der Waals surface area (Å²) in [4.78, 5) is 17.9. The normalized spacial score (nSPS) is 11.2. The predicted molar refractivity (Wildman–Crippen MR) is 48.3 cm³/mol. The molecule has 0 aliphatic rings. The Balaban J connectivity index is 3.26. The van der Waals surface area contributed by atoms with E-state index in [1.54, 1.807) is 0 Å². The number of primary amides is 1. The van der Waals surface area contributed by atoms with Crippen LogP contribution in [0.25, 0.3) is 0 Å². The highest BCUT2D eigenvalue weighted by Crippen LogP contribution is 2.06. The van der Waals surface area contributed by atoms with Gasteiger partial charge in [-0.15, -0.1) is 0 Å². The molecule has 0 saturated heterocycles. The Morgan fingerprint density at radius 1 is 1.50 bits per heavy atom. The number of carbonyl (C=O) groups excluding carboxylic acids is 1. The molecule has 0 spiro atoms. The summed E-state index contributed by atoms with van der Waals surface area (Å²) in [7, 11) is -3.44. The summed E-state index contributed by atoms with van der Waals surface area (Å²) in [5.41, 5.74) is 4.78. The monoisotopic (exact) mass is 215 g/mol. The molecular weight excluding hydrogens is 206 g/mol. The first-order valence-electron chi connectivity index (χ1n) is 3.82. The summed E-state index contributed by atoms with van der Waals surface area (Å²) >= 11 is 0. The van der Waals surface area contributed by atoms with Crippen molar-refractivity contribution in [2.45, 2.75) is 11.9 Å². The minimum absolute atomic E-state index is 0.0934. The fourth-order valence-electron chi connectivity index (χ4n) is 0.765. The molecule has 1 heterocycles. The van der Waals surface area contributed by atoms with E-state index >= 15 is 0 Å². The minimum atomic E-state index is -3.44. The Morgan fingerprint density at radius 3 is 2.64 bits per heavy atom. The van der Waals surface area contributed by atoms with Crippen LogP contribution in [0, 0.1) is 0 Å². The number of carbonyl (C=O) groups is 1. The van der Waals surface area contributed by atoms with E-state index in [-0.39, 0.29) is 16.5 Å². The molecule has 6 nitrogen and oxygen atoms in total. The average Bonchev–Trinajstić information content (AvgIpc) is 2.18. The van der Waals surface area contributed by atoms with E-state index < -0.39 is 15.7 Å². The maximum atomic E-state index is 11.3. The molecule has 0 saturated carbocycles. The summed E-state index contributed by atoms with van der Waals surface area (Å²) in [5.74, 6) is -0.894. The molecule has 7 heteroatoms. The van der Waals surface area contributed by atoms with Gasteiger partial charge >= 0.3 is 0 Å². The van der Waals surface area contributed by atoms with E-state index in [1.165, 1.54) is 6.92 Å². The van der Waals surface area contributed by atoms with Crippen LogP contribution in [0.15, 0.2) is 17.4 Å². The van der Waals surface area contributed by atoms with Crippen molar-refractivity contribution in [3.63, 3.8) is 0 Å². The molecule has 1 aromatic rings. The van der Waals surface area contributed by atoms with Crippen LogP contribution in [0.3, 0.4) is 0 Å². The lowest BCUT2D eigenvalue weighted by Gasteiger charge is -2.00. The molecule has 1 aromatic heterocycles. The number of nitrogens with zero attached hydrogens (tertiary/aromatic N) is 2. The average molecular weight is 215 g/mol.